The average Bonchev–Trinajstić information content (AvgIpc) is 2.69. The Bertz CT molecular complexity index is 668. The summed E-state index contributed by atoms with van der Waals surface area (Å²) in [5.41, 5.74) is -1.01. The lowest BCUT2D eigenvalue weighted by Crippen LogP contribution is -2.52. The first-order valence-corrected chi connectivity index (χ1v) is 9.74. The van der Waals surface area contributed by atoms with E-state index in [1.165, 1.54) is 12.3 Å². The number of hydrogen-bond donors (Lipinski definition) is 2. The molecule has 172 valence electrons. The molecule has 7 nitrogen and oxygen atoms in total. The quantitative estimate of drug-likeness (QED) is 0.227. The van der Waals surface area contributed by atoms with Crippen LogP contribution in [-0.4, -0.2) is 73.9 Å². The molecular formula is C19H31F3IN5O2. The van der Waals surface area contributed by atoms with Gasteiger partial charge in [0, 0.05) is 31.4 Å². The van der Waals surface area contributed by atoms with E-state index in [-0.39, 0.29) is 42.7 Å². The summed E-state index contributed by atoms with van der Waals surface area (Å²) in [7, 11) is 0. The lowest BCUT2D eigenvalue weighted by Gasteiger charge is -2.39. The molecule has 2 rings (SSSR count). The molecule has 0 saturated carbocycles. The van der Waals surface area contributed by atoms with Gasteiger partial charge in [-0.1, -0.05) is 0 Å². The number of halogens is 4. The molecule has 2 heterocycles. The minimum atomic E-state index is -4.50. The Morgan fingerprint density at radius 1 is 1.27 bits per heavy atom. The van der Waals surface area contributed by atoms with Crippen molar-refractivity contribution in [3.63, 3.8) is 0 Å². The number of morpholine rings is 1. The summed E-state index contributed by atoms with van der Waals surface area (Å²) in [6, 6.07) is 2.19. The van der Waals surface area contributed by atoms with Gasteiger partial charge in [0.1, 0.15) is 12.2 Å². The van der Waals surface area contributed by atoms with Crippen LogP contribution in [0.2, 0.25) is 0 Å². The molecule has 0 amide bonds. The highest BCUT2D eigenvalue weighted by Gasteiger charge is 2.35. The van der Waals surface area contributed by atoms with Gasteiger partial charge in [-0.2, -0.15) is 13.2 Å². The molecule has 0 bridgehead atoms. The number of ether oxygens (including phenoxy) is 2. The minimum absolute atomic E-state index is 0. The Balaban J connectivity index is 0.00000450. The van der Waals surface area contributed by atoms with Crippen LogP contribution in [0, 0.1) is 0 Å². The summed E-state index contributed by atoms with van der Waals surface area (Å²) < 4.78 is 49.6. The highest BCUT2D eigenvalue weighted by atomic mass is 127. The number of nitrogens with one attached hydrogen (secondary N) is 2. The number of pyridine rings is 1. The Labute approximate surface area is 192 Å². The zero-order valence-electron chi connectivity index (χ0n) is 17.6. The maximum absolute atomic E-state index is 13.0. The summed E-state index contributed by atoms with van der Waals surface area (Å²) in [6.07, 6.45) is -3.23. The van der Waals surface area contributed by atoms with Crippen LogP contribution in [-0.2, 0) is 10.9 Å². The normalized spacial score (nSPS) is 16.0. The molecular weight excluding hydrogens is 514 g/mol. The number of rotatable bonds is 8. The first-order chi connectivity index (χ1) is 13.7. The van der Waals surface area contributed by atoms with Gasteiger partial charge in [0.15, 0.2) is 5.96 Å². The van der Waals surface area contributed by atoms with Crippen molar-refractivity contribution >= 4 is 29.9 Å². The molecule has 1 saturated heterocycles. The molecule has 0 aromatic carbocycles. The molecule has 0 unspecified atom stereocenters. The Morgan fingerprint density at radius 3 is 2.60 bits per heavy atom. The maximum atomic E-state index is 13.0. The van der Waals surface area contributed by atoms with E-state index in [1.807, 2.05) is 6.92 Å². The maximum Gasteiger partial charge on any atom is 0.421 e. The van der Waals surface area contributed by atoms with Gasteiger partial charge in [0.25, 0.3) is 0 Å². The van der Waals surface area contributed by atoms with Gasteiger partial charge in [-0.05, 0) is 32.9 Å². The molecule has 0 radical (unpaired) electrons. The third-order valence-corrected chi connectivity index (χ3v) is 4.55. The molecule has 1 aromatic rings. The number of alkyl halides is 3. The van der Waals surface area contributed by atoms with E-state index in [4.69, 9.17) is 9.47 Å². The zero-order valence-corrected chi connectivity index (χ0v) is 19.9. The Kier molecular flexibility index (Phi) is 11.1. The van der Waals surface area contributed by atoms with Crippen molar-refractivity contribution in [2.45, 2.75) is 32.5 Å². The fourth-order valence-corrected chi connectivity index (χ4v) is 2.92. The summed E-state index contributed by atoms with van der Waals surface area (Å²) in [6.45, 7) is 10.9. The second-order valence-electron chi connectivity index (χ2n) is 7.24. The van der Waals surface area contributed by atoms with Crippen molar-refractivity contribution < 1.29 is 22.6 Å². The summed E-state index contributed by atoms with van der Waals surface area (Å²) in [5, 5.41) is 6.22. The third-order valence-electron chi connectivity index (χ3n) is 4.55. The predicted molar refractivity (Wildman–Crippen MR) is 121 cm³/mol. The summed E-state index contributed by atoms with van der Waals surface area (Å²) in [4.78, 5) is 10.6. The molecule has 1 aliphatic heterocycles. The Morgan fingerprint density at radius 2 is 1.97 bits per heavy atom. The molecule has 0 spiro atoms. The van der Waals surface area contributed by atoms with Gasteiger partial charge in [-0.15, -0.1) is 24.0 Å². The van der Waals surface area contributed by atoms with Gasteiger partial charge in [-0.25, -0.2) is 4.98 Å². The number of aromatic nitrogens is 1. The smallest absolute Gasteiger partial charge is 0.421 e. The Hall–Kier alpha value is -1.34. The molecule has 11 heteroatoms. The summed E-state index contributed by atoms with van der Waals surface area (Å²) in [5.74, 6) is 0.173. The minimum Gasteiger partial charge on any atom is -0.475 e. The summed E-state index contributed by atoms with van der Waals surface area (Å²) >= 11 is 0. The van der Waals surface area contributed by atoms with E-state index in [0.29, 0.717) is 19.0 Å². The van der Waals surface area contributed by atoms with Crippen molar-refractivity contribution in [3.05, 3.63) is 23.9 Å². The molecule has 1 aromatic heterocycles. The van der Waals surface area contributed by atoms with Crippen LogP contribution in [0.1, 0.15) is 26.3 Å². The SMILES string of the molecule is CCNC(=NCC(C)(C)N1CCOCC1)NCCOc1ncccc1C(F)(F)F.I. The fraction of sp³-hybridized carbons (Fsp3) is 0.684. The lowest BCUT2D eigenvalue weighted by atomic mass is 10.0. The average molecular weight is 545 g/mol. The van der Waals surface area contributed by atoms with E-state index in [2.05, 4.69) is 39.4 Å². The largest absolute Gasteiger partial charge is 0.475 e. The first kappa shape index (κ1) is 26.7. The van der Waals surface area contributed by atoms with Crippen molar-refractivity contribution in [2.24, 2.45) is 4.99 Å². The third kappa shape index (κ3) is 8.42. The van der Waals surface area contributed by atoms with Crippen LogP contribution in [0.5, 0.6) is 5.88 Å². The van der Waals surface area contributed by atoms with Crippen LogP contribution in [0.3, 0.4) is 0 Å². The van der Waals surface area contributed by atoms with Crippen LogP contribution < -0.4 is 15.4 Å². The molecule has 1 fully saturated rings. The van der Waals surface area contributed by atoms with Crippen molar-refractivity contribution in [3.8, 4) is 5.88 Å². The van der Waals surface area contributed by atoms with E-state index in [9.17, 15) is 13.2 Å². The number of nitrogens with zero attached hydrogens (tertiary/aromatic N) is 3. The highest BCUT2D eigenvalue weighted by molar-refractivity contribution is 14.0. The molecule has 0 atom stereocenters. The lowest BCUT2D eigenvalue weighted by molar-refractivity contribution is -0.139. The van der Waals surface area contributed by atoms with Crippen LogP contribution >= 0.6 is 24.0 Å². The number of hydrogen-bond acceptors (Lipinski definition) is 5. The van der Waals surface area contributed by atoms with Crippen molar-refractivity contribution in [1.29, 1.82) is 0 Å². The number of guanidine groups is 1. The second-order valence-corrected chi connectivity index (χ2v) is 7.24. The van der Waals surface area contributed by atoms with E-state index < -0.39 is 17.6 Å². The monoisotopic (exact) mass is 545 g/mol. The standard InChI is InChI=1S/C19H30F3N5O2.HI/c1-4-23-17(26-14-18(2,3)27-9-12-28-13-10-27)25-8-11-29-16-15(19(20,21)22)6-5-7-24-16;/h5-7H,4,8-14H2,1-3H3,(H2,23,25,26);1H. The molecule has 2 N–H and O–H groups in total. The van der Waals surface area contributed by atoms with E-state index >= 15 is 0 Å². The van der Waals surface area contributed by atoms with Gasteiger partial charge in [0.05, 0.1) is 26.3 Å². The topological polar surface area (TPSA) is 71.0 Å². The molecule has 0 aliphatic carbocycles. The predicted octanol–water partition coefficient (Wildman–Crippen LogP) is 2.76. The van der Waals surface area contributed by atoms with Crippen molar-refractivity contribution in [2.75, 3.05) is 52.5 Å². The van der Waals surface area contributed by atoms with Gasteiger partial charge in [0.2, 0.25) is 5.88 Å². The first-order valence-electron chi connectivity index (χ1n) is 9.74. The van der Waals surface area contributed by atoms with Gasteiger partial charge < -0.3 is 20.1 Å². The number of aliphatic imine (C=N–C) groups is 1. The zero-order chi connectivity index (χ0) is 21.3. The van der Waals surface area contributed by atoms with Crippen LogP contribution in [0.15, 0.2) is 23.3 Å². The van der Waals surface area contributed by atoms with E-state index in [1.54, 1.807) is 0 Å². The van der Waals surface area contributed by atoms with Crippen LogP contribution in [0.25, 0.3) is 0 Å². The highest BCUT2D eigenvalue weighted by Crippen LogP contribution is 2.34. The van der Waals surface area contributed by atoms with Crippen molar-refractivity contribution in [1.82, 2.24) is 20.5 Å². The van der Waals surface area contributed by atoms with Gasteiger partial charge >= 0.3 is 6.18 Å². The van der Waals surface area contributed by atoms with Gasteiger partial charge in [-0.3, -0.25) is 9.89 Å². The second kappa shape index (κ2) is 12.5. The molecule has 30 heavy (non-hydrogen) atoms. The van der Waals surface area contributed by atoms with Crippen LogP contribution in [0.4, 0.5) is 13.2 Å². The fourth-order valence-electron chi connectivity index (χ4n) is 2.92. The van der Waals surface area contributed by atoms with E-state index in [0.717, 1.165) is 32.4 Å². The molecule has 1 aliphatic rings.